The molecule has 1 aliphatic heterocycles. The van der Waals surface area contributed by atoms with Crippen LogP contribution in [-0.2, 0) is 9.59 Å². The Kier molecular flexibility index (Phi) is 5.16. The van der Waals surface area contributed by atoms with Crippen molar-refractivity contribution in [2.75, 3.05) is 39.1 Å². The third-order valence-corrected chi connectivity index (χ3v) is 3.39. The fourth-order valence-electron chi connectivity index (χ4n) is 2.06. The highest BCUT2D eigenvalue weighted by Gasteiger charge is 2.22. The van der Waals surface area contributed by atoms with Crippen LogP contribution < -0.4 is 15.4 Å². The Morgan fingerprint density at radius 1 is 1.43 bits per heavy atom. The van der Waals surface area contributed by atoms with E-state index >= 15 is 0 Å². The van der Waals surface area contributed by atoms with Gasteiger partial charge in [0.25, 0.3) is 5.91 Å². The Morgan fingerprint density at radius 3 is 2.90 bits per heavy atom. The summed E-state index contributed by atoms with van der Waals surface area (Å²) in [6, 6.07) is 7.08. The number of rotatable bonds is 5. The smallest absolute Gasteiger partial charge is 0.259 e. The zero-order valence-electron chi connectivity index (χ0n) is 12.4. The summed E-state index contributed by atoms with van der Waals surface area (Å²) in [6.07, 6.45) is 0.860. The average Bonchev–Trinajstić information content (AvgIpc) is 2.99. The second-order valence-corrected chi connectivity index (χ2v) is 5.28. The normalized spacial score (nSPS) is 17.3. The molecular formula is C15H21N3O3. The zero-order chi connectivity index (χ0) is 15.2. The van der Waals surface area contributed by atoms with Crippen molar-refractivity contribution in [3.05, 3.63) is 24.3 Å². The fourth-order valence-corrected chi connectivity index (χ4v) is 2.06. The predicted octanol–water partition coefficient (Wildman–Crippen LogP) is 0.702. The van der Waals surface area contributed by atoms with E-state index < -0.39 is 0 Å². The Labute approximate surface area is 124 Å². The van der Waals surface area contributed by atoms with E-state index in [-0.39, 0.29) is 24.3 Å². The Balaban J connectivity index is 1.91. The minimum Gasteiger partial charge on any atom is -0.484 e. The van der Waals surface area contributed by atoms with Crippen LogP contribution in [0.4, 0.5) is 5.69 Å². The van der Waals surface area contributed by atoms with Crippen LogP contribution in [-0.4, -0.2) is 50.5 Å². The molecule has 1 unspecified atom stereocenters. The predicted molar refractivity (Wildman–Crippen MR) is 80.2 cm³/mol. The monoisotopic (exact) mass is 291 g/mol. The third-order valence-electron chi connectivity index (χ3n) is 3.39. The first kappa shape index (κ1) is 15.3. The lowest BCUT2D eigenvalue weighted by Crippen LogP contribution is -2.27. The highest BCUT2D eigenvalue weighted by molar-refractivity contribution is 5.93. The van der Waals surface area contributed by atoms with Gasteiger partial charge in [0.1, 0.15) is 5.75 Å². The molecule has 0 saturated carbocycles. The van der Waals surface area contributed by atoms with E-state index in [0.29, 0.717) is 11.4 Å². The van der Waals surface area contributed by atoms with E-state index in [1.54, 1.807) is 38.4 Å². The molecule has 21 heavy (non-hydrogen) atoms. The summed E-state index contributed by atoms with van der Waals surface area (Å²) >= 11 is 0. The van der Waals surface area contributed by atoms with Crippen molar-refractivity contribution < 1.29 is 14.3 Å². The van der Waals surface area contributed by atoms with Gasteiger partial charge >= 0.3 is 0 Å². The van der Waals surface area contributed by atoms with Crippen LogP contribution in [0.5, 0.6) is 5.75 Å². The molecule has 1 aromatic rings. The Bertz CT molecular complexity index is 511. The fraction of sp³-hybridized carbons (Fsp3) is 0.467. The number of nitrogens with zero attached hydrogens (tertiary/aromatic N) is 1. The first-order valence-corrected chi connectivity index (χ1v) is 7.01. The molecule has 0 spiro atoms. The first-order valence-electron chi connectivity index (χ1n) is 7.01. The highest BCUT2D eigenvalue weighted by Crippen LogP contribution is 2.19. The lowest BCUT2D eigenvalue weighted by atomic mass is 10.1. The number of carbonyl (C=O) groups excluding carboxylic acids is 2. The molecule has 0 aliphatic carbocycles. The van der Waals surface area contributed by atoms with Gasteiger partial charge in [0, 0.05) is 32.4 Å². The SMILES string of the molecule is CN(C)C(=O)COc1cccc(NC(=O)C2CCNC2)c1. The van der Waals surface area contributed by atoms with Crippen molar-refractivity contribution in [2.24, 2.45) is 5.92 Å². The second kappa shape index (κ2) is 7.08. The second-order valence-electron chi connectivity index (χ2n) is 5.28. The molecule has 1 saturated heterocycles. The van der Waals surface area contributed by atoms with Crippen molar-refractivity contribution >= 4 is 17.5 Å². The van der Waals surface area contributed by atoms with Crippen LogP contribution in [0.2, 0.25) is 0 Å². The molecule has 1 heterocycles. The van der Waals surface area contributed by atoms with Crippen molar-refractivity contribution in [1.29, 1.82) is 0 Å². The zero-order valence-corrected chi connectivity index (χ0v) is 12.4. The van der Waals surface area contributed by atoms with E-state index in [0.717, 1.165) is 19.5 Å². The van der Waals surface area contributed by atoms with Crippen LogP contribution in [0, 0.1) is 5.92 Å². The van der Waals surface area contributed by atoms with E-state index in [9.17, 15) is 9.59 Å². The topological polar surface area (TPSA) is 70.7 Å². The van der Waals surface area contributed by atoms with Gasteiger partial charge in [0.2, 0.25) is 5.91 Å². The number of amides is 2. The molecule has 2 N–H and O–H groups in total. The van der Waals surface area contributed by atoms with Gasteiger partial charge in [-0.3, -0.25) is 9.59 Å². The van der Waals surface area contributed by atoms with Gasteiger partial charge in [0.15, 0.2) is 6.61 Å². The molecular weight excluding hydrogens is 270 g/mol. The van der Waals surface area contributed by atoms with Gasteiger partial charge in [-0.25, -0.2) is 0 Å². The third kappa shape index (κ3) is 4.46. The largest absolute Gasteiger partial charge is 0.484 e. The summed E-state index contributed by atoms with van der Waals surface area (Å²) in [4.78, 5) is 25.0. The van der Waals surface area contributed by atoms with Crippen LogP contribution in [0.3, 0.4) is 0 Å². The van der Waals surface area contributed by atoms with Gasteiger partial charge in [0.05, 0.1) is 5.92 Å². The number of nitrogens with one attached hydrogen (secondary N) is 2. The maximum absolute atomic E-state index is 12.0. The molecule has 1 aromatic carbocycles. The minimum absolute atomic E-state index is 0.0153. The molecule has 2 amide bonds. The molecule has 1 atom stereocenters. The van der Waals surface area contributed by atoms with Crippen LogP contribution in [0.25, 0.3) is 0 Å². The molecule has 1 fully saturated rings. The average molecular weight is 291 g/mol. The van der Waals surface area contributed by atoms with Crippen molar-refractivity contribution in [1.82, 2.24) is 10.2 Å². The Hall–Kier alpha value is -2.08. The molecule has 1 aliphatic rings. The van der Waals surface area contributed by atoms with E-state index in [2.05, 4.69) is 10.6 Å². The number of carbonyl (C=O) groups is 2. The summed E-state index contributed by atoms with van der Waals surface area (Å²) < 4.78 is 5.42. The molecule has 0 bridgehead atoms. The van der Waals surface area contributed by atoms with Gasteiger partial charge in [-0.15, -0.1) is 0 Å². The molecule has 114 valence electrons. The lowest BCUT2D eigenvalue weighted by Gasteiger charge is -2.13. The maximum Gasteiger partial charge on any atom is 0.259 e. The van der Waals surface area contributed by atoms with Crippen molar-refractivity contribution in [3.63, 3.8) is 0 Å². The molecule has 0 aromatic heterocycles. The summed E-state index contributed by atoms with van der Waals surface area (Å²) in [7, 11) is 3.36. The van der Waals surface area contributed by atoms with Crippen LogP contribution in [0.15, 0.2) is 24.3 Å². The highest BCUT2D eigenvalue weighted by atomic mass is 16.5. The number of benzene rings is 1. The number of hydrogen-bond donors (Lipinski definition) is 2. The summed E-state index contributed by atoms with van der Waals surface area (Å²) in [5.74, 6) is 0.487. The van der Waals surface area contributed by atoms with E-state index in [1.165, 1.54) is 4.90 Å². The molecule has 6 nitrogen and oxygen atoms in total. The Morgan fingerprint density at radius 2 is 2.24 bits per heavy atom. The number of anilines is 1. The van der Waals surface area contributed by atoms with Crippen LogP contribution >= 0.6 is 0 Å². The maximum atomic E-state index is 12.0. The number of likely N-dealkylation sites (N-methyl/N-ethyl adjacent to an activating group) is 1. The first-order chi connectivity index (χ1) is 10.1. The standard InChI is InChI=1S/C15H21N3O3/c1-18(2)14(19)10-21-13-5-3-4-12(8-13)17-15(20)11-6-7-16-9-11/h3-5,8,11,16H,6-7,9-10H2,1-2H3,(H,17,20). The summed E-state index contributed by atoms with van der Waals surface area (Å²) in [5.41, 5.74) is 0.682. The molecule has 2 rings (SSSR count). The van der Waals surface area contributed by atoms with Crippen LogP contribution in [0.1, 0.15) is 6.42 Å². The van der Waals surface area contributed by atoms with Gasteiger partial charge in [-0.05, 0) is 25.1 Å². The van der Waals surface area contributed by atoms with Gasteiger partial charge in [-0.1, -0.05) is 6.07 Å². The minimum atomic E-state index is -0.110. The summed E-state index contributed by atoms with van der Waals surface area (Å²) in [6.45, 7) is 1.59. The van der Waals surface area contributed by atoms with E-state index in [4.69, 9.17) is 4.74 Å². The lowest BCUT2D eigenvalue weighted by molar-refractivity contribution is -0.130. The van der Waals surface area contributed by atoms with E-state index in [1.807, 2.05) is 0 Å². The van der Waals surface area contributed by atoms with Crippen molar-refractivity contribution in [3.8, 4) is 5.75 Å². The molecule has 0 radical (unpaired) electrons. The quantitative estimate of drug-likeness (QED) is 0.838. The number of ether oxygens (including phenoxy) is 1. The summed E-state index contributed by atoms with van der Waals surface area (Å²) in [5, 5.41) is 6.05. The molecule has 6 heteroatoms. The van der Waals surface area contributed by atoms with Crippen molar-refractivity contribution in [2.45, 2.75) is 6.42 Å². The van der Waals surface area contributed by atoms with Gasteiger partial charge in [-0.2, -0.15) is 0 Å². The van der Waals surface area contributed by atoms with Gasteiger partial charge < -0.3 is 20.3 Å². The number of hydrogen-bond acceptors (Lipinski definition) is 4.